The Kier molecular flexibility index (Phi) is 3.75. The number of aromatic amines is 1. The van der Waals surface area contributed by atoms with Gasteiger partial charge in [0.15, 0.2) is 21.1 Å². The van der Waals surface area contributed by atoms with Crippen molar-refractivity contribution < 1.29 is 8.42 Å². The Morgan fingerprint density at radius 3 is 2.81 bits per heavy atom. The Morgan fingerprint density at radius 1 is 1.11 bits per heavy atom. The number of rotatable bonds is 4. The van der Waals surface area contributed by atoms with Crippen molar-refractivity contribution in [1.29, 1.82) is 0 Å². The van der Waals surface area contributed by atoms with Gasteiger partial charge in [-0.25, -0.2) is 13.4 Å². The first kappa shape index (κ1) is 16.4. The third-order valence-electron chi connectivity index (χ3n) is 5.43. The van der Waals surface area contributed by atoms with E-state index in [4.69, 9.17) is 0 Å². The van der Waals surface area contributed by atoms with E-state index in [0.29, 0.717) is 4.90 Å². The molecule has 0 aliphatic heterocycles. The highest BCUT2D eigenvalue weighted by molar-refractivity contribution is 7.91. The summed E-state index contributed by atoms with van der Waals surface area (Å²) in [6.45, 7) is 0. The lowest BCUT2D eigenvalue weighted by Crippen LogP contribution is -2.14. The molecule has 0 saturated heterocycles. The van der Waals surface area contributed by atoms with Crippen LogP contribution >= 0.6 is 0 Å². The molecule has 27 heavy (non-hydrogen) atoms. The van der Waals surface area contributed by atoms with Crippen LogP contribution in [0.4, 0.5) is 0 Å². The maximum absolute atomic E-state index is 12.7. The number of aromatic nitrogens is 5. The van der Waals surface area contributed by atoms with Crippen LogP contribution in [0.25, 0.3) is 16.8 Å². The van der Waals surface area contributed by atoms with Crippen molar-refractivity contribution in [1.82, 2.24) is 24.6 Å². The van der Waals surface area contributed by atoms with Gasteiger partial charge >= 0.3 is 0 Å². The van der Waals surface area contributed by atoms with Crippen molar-refractivity contribution in [3.63, 3.8) is 0 Å². The standard InChI is InChI=1S/C19H19N5O2S/c25-27(26,15-4-2-1-3-5-15)12-13-6-7-14(10-13)19-23-22-17-11-21-18-16(24(17)19)8-9-20-18/h1-5,8-9,11,13-14,20H,6-7,10,12H2/t13-,14+/m0/s1. The van der Waals surface area contributed by atoms with Crippen LogP contribution in [-0.4, -0.2) is 38.7 Å². The summed E-state index contributed by atoms with van der Waals surface area (Å²) in [6, 6.07) is 10.7. The largest absolute Gasteiger partial charge is 0.345 e. The highest BCUT2D eigenvalue weighted by Crippen LogP contribution is 2.39. The highest BCUT2D eigenvalue weighted by Gasteiger charge is 2.33. The summed E-state index contributed by atoms with van der Waals surface area (Å²) in [5, 5.41) is 8.66. The van der Waals surface area contributed by atoms with Crippen LogP contribution < -0.4 is 0 Å². The number of fused-ring (bicyclic) bond motifs is 3. The Hall–Kier alpha value is -2.74. The fourth-order valence-corrected chi connectivity index (χ4v) is 5.85. The van der Waals surface area contributed by atoms with Gasteiger partial charge in [-0.05, 0) is 43.4 Å². The van der Waals surface area contributed by atoms with Crippen LogP contribution in [0.15, 0.2) is 53.7 Å². The van der Waals surface area contributed by atoms with E-state index in [-0.39, 0.29) is 17.6 Å². The van der Waals surface area contributed by atoms with Crippen molar-refractivity contribution in [2.45, 2.75) is 30.1 Å². The molecule has 7 nitrogen and oxygen atoms in total. The van der Waals surface area contributed by atoms with E-state index in [0.717, 1.165) is 41.9 Å². The molecular weight excluding hydrogens is 362 g/mol. The number of benzene rings is 1. The van der Waals surface area contributed by atoms with Gasteiger partial charge in [-0.1, -0.05) is 18.2 Å². The lowest BCUT2D eigenvalue weighted by molar-refractivity contribution is 0.550. The van der Waals surface area contributed by atoms with Gasteiger partial charge in [0.1, 0.15) is 5.82 Å². The molecule has 8 heteroatoms. The minimum atomic E-state index is -3.26. The molecule has 1 fully saturated rings. The molecule has 2 atom stereocenters. The third-order valence-corrected chi connectivity index (χ3v) is 7.33. The molecule has 0 bridgehead atoms. The van der Waals surface area contributed by atoms with Gasteiger partial charge in [0, 0.05) is 12.1 Å². The number of hydrogen-bond acceptors (Lipinski definition) is 5. The van der Waals surface area contributed by atoms with E-state index < -0.39 is 9.84 Å². The van der Waals surface area contributed by atoms with Crippen molar-refractivity contribution in [2.24, 2.45) is 5.92 Å². The number of nitrogens with zero attached hydrogens (tertiary/aromatic N) is 4. The summed E-state index contributed by atoms with van der Waals surface area (Å²) in [5.74, 6) is 1.43. The molecule has 3 aromatic heterocycles. The molecule has 0 spiro atoms. The van der Waals surface area contributed by atoms with Gasteiger partial charge in [-0.2, -0.15) is 0 Å². The summed E-state index contributed by atoms with van der Waals surface area (Å²) in [6.07, 6.45) is 6.17. The quantitative estimate of drug-likeness (QED) is 0.587. The molecule has 0 unspecified atom stereocenters. The van der Waals surface area contributed by atoms with Crippen LogP contribution in [0.2, 0.25) is 0 Å². The van der Waals surface area contributed by atoms with Crippen molar-refractivity contribution in [3.05, 3.63) is 54.6 Å². The summed E-state index contributed by atoms with van der Waals surface area (Å²) < 4.78 is 27.4. The normalized spacial score (nSPS) is 20.6. The molecule has 1 aromatic carbocycles. The zero-order valence-corrected chi connectivity index (χ0v) is 15.4. The third kappa shape index (κ3) is 2.80. The number of H-pyrrole nitrogens is 1. The smallest absolute Gasteiger partial charge is 0.179 e. The summed E-state index contributed by atoms with van der Waals surface area (Å²) in [4.78, 5) is 7.86. The van der Waals surface area contributed by atoms with Crippen molar-refractivity contribution in [2.75, 3.05) is 5.75 Å². The fourth-order valence-electron chi connectivity index (χ4n) is 4.16. The first-order valence-electron chi connectivity index (χ1n) is 9.07. The average molecular weight is 381 g/mol. The zero-order valence-electron chi connectivity index (χ0n) is 14.6. The molecule has 0 amide bonds. The Labute approximate surface area is 156 Å². The van der Waals surface area contributed by atoms with Crippen LogP contribution in [0, 0.1) is 5.92 Å². The number of nitrogens with one attached hydrogen (secondary N) is 1. The second-order valence-electron chi connectivity index (χ2n) is 7.19. The Bertz CT molecular complexity index is 1210. The maximum Gasteiger partial charge on any atom is 0.179 e. The van der Waals surface area contributed by atoms with E-state index in [1.807, 2.05) is 22.7 Å². The van der Waals surface area contributed by atoms with Gasteiger partial charge in [0.05, 0.1) is 22.4 Å². The molecular formula is C19H19N5O2S. The Morgan fingerprint density at radius 2 is 1.96 bits per heavy atom. The van der Waals surface area contributed by atoms with Crippen LogP contribution in [0.5, 0.6) is 0 Å². The van der Waals surface area contributed by atoms with Crippen molar-refractivity contribution >= 4 is 26.6 Å². The predicted octanol–water partition coefficient (Wildman–Crippen LogP) is 2.96. The predicted molar refractivity (Wildman–Crippen MR) is 101 cm³/mol. The first-order valence-corrected chi connectivity index (χ1v) is 10.7. The summed E-state index contributed by atoms with van der Waals surface area (Å²) in [7, 11) is -3.26. The highest BCUT2D eigenvalue weighted by atomic mass is 32.2. The minimum absolute atomic E-state index is 0.135. The molecule has 1 aliphatic rings. The average Bonchev–Trinajstić information content (AvgIpc) is 3.40. The van der Waals surface area contributed by atoms with E-state index in [1.165, 1.54) is 0 Å². The lowest BCUT2D eigenvalue weighted by atomic mass is 10.1. The van der Waals surface area contributed by atoms with Crippen LogP contribution in [0.3, 0.4) is 0 Å². The summed E-state index contributed by atoms with van der Waals surface area (Å²) in [5.41, 5.74) is 2.47. The van der Waals surface area contributed by atoms with Gasteiger partial charge in [0.2, 0.25) is 0 Å². The van der Waals surface area contributed by atoms with E-state index in [2.05, 4.69) is 20.2 Å². The topological polar surface area (TPSA) is 93.0 Å². The van der Waals surface area contributed by atoms with Gasteiger partial charge in [-0.3, -0.25) is 4.40 Å². The minimum Gasteiger partial charge on any atom is -0.345 e. The van der Waals surface area contributed by atoms with E-state index in [1.54, 1.807) is 30.5 Å². The second kappa shape index (κ2) is 6.16. The van der Waals surface area contributed by atoms with Crippen LogP contribution in [0.1, 0.15) is 31.0 Å². The van der Waals surface area contributed by atoms with E-state index in [9.17, 15) is 8.42 Å². The second-order valence-corrected chi connectivity index (χ2v) is 9.23. The molecule has 4 aromatic rings. The number of sulfone groups is 1. The number of hydrogen-bond donors (Lipinski definition) is 1. The molecule has 1 aliphatic carbocycles. The molecule has 3 heterocycles. The SMILES string of the molecule is O=S(=O)(C[C@H]1CC[C@@H](c2nnc3cnc4[nH]ccc4n23)C1)c1ccccc1. The zero-order chi connectivity index (χ0) is 18.4. The van der Waals surface area contributed by atoms with Gasteiger partial charge in [-0.15, -0.1) is 10.2 Å². The first-order chi connectivity index (χ1) is 13.1. The monoisotopic (exact) mass is 381 g/mol. The fraction of sp³-hybridized carbons (Fsp3) is 0.316. The lowest BCUT2D eigenvalue weighted by Gasteiger charge is -2.11. The maximum atomic E-state index is 12.7. The molecule has 138 valence electrons. The van der Waals surface area contributed by atoms with Crippen LogP contribution in [-0.2, 0) is 9.84 Å². The molecule has 5 rings (SSSR count). The molecule has 1 N–H and O–H groups in total. The van der Waals surface area contributed by atoms with E-state index >= 15 is 0 Å². The summed E-state index contributed by atoms with van der Waals surface area (Å²) >= 11 is 0. The van der Waals surface area contributed by atoms with Gasteiger partial charge in [0.25, 0.3) is 0 Å². The van der Waals surface area contributed by atoms with Gasteiger partial charge < -0.3 is 4.98 Å². The van der Waals surface area contributed by atoms with Crippen molar-refractivity contribution in [3.8, 4) is 0 Å². The Balaban J connectivity index is 1.42. The molecule has 1 saturated carbocycles. The molecule has 0 radical (unpaired) electrons.